The first kappa shape index (κ1) is 44.9. The molecule has 10 heteroatoms. The summed E-state index contributed by atoms with van der Waals surface area (Å²) in [6, 6.07) is 0. The van der Waals surface area contributed by atoms with Gasteiger partial charge in [-0.2, -0.15) is 0 Å². The lowest BCUT2D eigenvalue weighted by molar-refractivity contribution is -0.154. The van der Waals surface area contributed by atoms with Crippen LogP contribution in [-0.2, 0) is 27.9 Å². The summed E-state index contributed by atoms with van der Waals surface area (Å²) in [4.78, 5) is 22.4. The molecule has 0 aromatic carbocycles. The van der Waals surface area contributed by atoms with Crippen molar-refractivity contribution in [1.82, 2.24) is 0 Å². The Morgan fingerprint density at radius 1 is 0.674 bits per heavy atom. The molecule has 0 aliphatic carbocycles. The third kappa shape index (κ3) is 32.9. The molecule has 0 aromatic rings. The van der Waals surface area contributed by atoms with Crippen LogP contribution in [0.4, 0.5) is 0 Å². The molecule has 9 nitrogen and oxygen atoms in total. The Kier molecular flexibility index (Phi) is 33.0. The van der Waals surface area contributed by atoms with Gasteiger partial charge >= 0.3 is 13.8 Å². The molecular weight excluding hydrogens is 607 g/mol. The second-order valence-electron chi connectivity index (χ2n) is 12.2. The number of esters is 1. The van der Waals surface area contributed by atoms with E-state index in [2.05, 4.69) is 38.2 Å². The molecule has 0 spiro atoms. The van der Waals surface area contributed by atoms with Gasteiger partial charge in [-0.1, -0.05) is 134 Å². The SMILES string of the molecule is CCCC/C=C\C/C=C\CCCCCCCC(=O)OC(COCCCCCCCCCCCCC)COP(=O)(O)OCC(O)CO. The maximum absolute atomic E-state index is 12.5. The first-order chi connectivity index (χ1) is 22.3. The standard InChI is InChI=1S/C36H69O9P/c1-3-5-7-9-11-13-15-16-17-18-20-22-24-26-28-36(39)45-35(33-44-46(40,41)43-31-34(38)30-37)32-42-29-27-25-23-21-19-14-12-10-8-6-4-2/h9,11,15-16,34-35,37-38H,3-8,10,12-14,17-33H2,1-2H3,(H,40,41)/b11-9-,16-15-. The zero-order chi connectivity index (χ0) is 34.0. The van der Waals surface area contributed by atoms with Crippen LogP contribution < -0.4 is 0 Å². The topological polar surface area (TPSA) is 132 Å². The number of hydrogen-bond donors (Lipinski definition) is 3. The van der Waals surface area contributed by atoms with Crippen LogP contribution in [0.1, 0.15) is 155 Å². The molecule has 0 fully saturated rings. The van der Waals surface area contributed by atoms with E-state index in [0.29, 0.717) is 13.0 Å². The van der Waals surface area contributed by atoms with Crippen molar-refractivity contribution in [1.29, 1.82) is 0 Å². The fourth-order valence-electron chi connectivity index (χ4n) is 4.78. The van der Waals surface area contributed by atoms with E-state index in [1.54, 1.807) is 0 Å². The lowest BCUT2D eigenvalue weighted by atomic mass is 10.1. The number of allylic oxidation sites excluding steroid dienone is 4. The number of aliphatic hydroxyl groups excluding tert-OH is 2. The summed E-state index contributed by atoms with van der Waals surface area (Å²) < 4.78 is 33.1. The van der Waals surface area contributed by atoms with Crippen molar-refractivity contribution in [2.75, 3.05) is 33.0 Å². The molecule has 3 unspecified atom stereocenters. The van der Waals surface area contributed by atoms with E-state index < -0.39 is 39.2 Å². The highest BCUT2D eigenvalue weighted by molar-refractivity contribution is 7.47. The van der Waals surface area contributed by atoms with Gasteiger partial charge in [0.05, 0.1) is 26.4 Å². The number of hydrogen-bond acceptors (Lipinski definition) is 8. The zero-order valence-corrected chi connectivity index (χ0v) is 30.2. The van der Waals surface area contributed by atoms with Crippen LogP contribution >= 0.6 is 7.82 Å². The second kappa shape index (κ2) is 33.8. The Labute approximate surface area is 281 Å². The Hall–Kier alpha value is -1.06. The quantitative estimate of drug-likeness (QED) is 0.0260. The number of phosphoric ester groups is 1. The number of aliphatic hydroxyl groups is 2. The van der Waals surface area contributed by atoms with E-state index in [9.17, 15) is 19.4 Å². The van der Waals surface area contributed by atoms with E-state index in [1.165, 1.54) is 64.2 Å². The maximum atomic E-state index is 12.5. The first-order valence-electron chi connectivity index (χ1n) is 18.3. The van der Waals surface area contributed by atoms with Crippen molar-refractivity contribution < 1.29 is 43.0 Å². The summed E-state index contributed by atoms with van der Waals surface area (Å²) in [5.74, 6) is -0.397. The second-order valence-corrected chi connectivity index (χ2v) is 13.7. The first-order valence-corrected chi connectivity index (χ1v) is 19.8. The van der Waals surface area contributed by atoms with Crippen LogP contribution in [0.2, 0.25) is 0 Å². The Morgan fingerprint density at radius 3 is 1.80 bits per heavy atom. The molecule has 0 rings (SSSR count). The minimum atomic E-state index is -4.51. The molecule has 0 heterocycles. The van der Waals surface area contributed by atoms with Crippen molar-refractivity contribution in [3.63, 3.8) is 0 Å². The van der Waals surface area contributed by atoms with Crippen LogP contribution in [0.25, 0.3) is 0 Å². The lowest BCUT2D eigenvalue weighted by Crippen LogP contribution is -2.29. The third-order valence-electron chi connectivity index (χ3n) is 7.64. The minimum Gasteiger partial charge on any atom is -0.457 e. The van der Waals surface area contributed by atoms with Crippen molar-refractivity contribution in [3.8, 4) is 0 Å². The molecule has 0 bridgehead atoms. The van der Waals surface area contributed by atoms with E-state index in [4.69, 9.17) is 23.6 Å². The number of carbonyl (C=O) groups is 1. The summed E-state index contributed by atoms with van der Waals surface area (Å²) in [6.07, 6.45) is 31.3. The molecule has 0 amide bonds. The third-order valence-corrected chi connectivity index (χ3v) is 8.59. The molecule has 0 aromatic heterocycles. The highest BCUT2D eigenvalue weighted by Gasteiger charge is 2.26. The van der Waals surface area contributed by atoms with Crippen LogP contribution in [-0.4, -0.2) is 66.3 Å². The van der Waals surface area contributed by atoms with Gasteiger partial charge in [0.1, 0.15) is 12.2 Å². The van der Waals surface area contributed by atoms with Gasteiger partial charge in [0.2, 0.25) is 0 Å². The van der Waals surface area contributed by atoms with Gasteiger partial charge in [0.25, 0.3) is 0 Å². The molecule has 0 radical (unpaired) electrons. The van der Waals surface area contributed by atoms with Crippen LogP contribution in [0, 0.1) is 0 Å². The average Bonchev–Trinajstić information content (AvgIpc) is 3.04. The van der Waals surface area contributed by atoms with Crippen molar-refractivity contribution in [2.45, 2.75) is 167 Å². The summed E-state index contributed by atoms with van der Waals surface area (Å²) in [5, 5.41) is 18.2. The highest BCUT2D eigenvalue weighted by Crippen LogP contribution is 2.43. The normalized spacial score (nSPS) is 14.6. The fraction of sp³-hybridized carbons (Fsp3) is 0.861. The molecule has 0 aliphatic heterocycles. The molecule has 272 valence electrons. The van der Waals surface area contributed by atoms with Gasteiger partial charge in [0.15, 0.2) is 0 Å². The number of ether oxygens (including phenoxy) is 2. The molecule has 0 saturated heterocycles. The summed E-state index contributed by atoms with van der Waals surface area (Å²) in [7, 11) is -4.51. The lowest BCUT2D eigenvalue weighted by Gasteiger charge is -2.20. The number of rotatable bonds is 35. The maximum Gasteiger partial charge on any atom is 0.472 e. The summed E-state index contributed by atoms with van der Waals surface area (Å²) in [5.41, 5.74) is 0. The average molecular weight is 677 g/mol. The van der Waals surface area contributed by atoms with Gasteiger partial charge < -0.3 is 24.6 Å². The smallest absolute Gasteiger partial charge is 0.457 e. The molecule has 3 N–H and O–H groups in total. The van der Waals surface area contributed by atoms with Gasteiger partial charge in [0, 0.05) is 13.0 Å². The fourth-order valence-corrected chi connectivity index (χ4v) is 5.57. The summed E-state index contributed by atoms with van der Waals surface area (Å²) in [6.45, 7) is 3.45. The molecular formula is C36H69O9P. The Bertz CT molecular complexity index is 775. The van der Waals surface area contributed by atoms with E-state index in [-0.39, 0.29) is 19.6 Å². The zero-order valence-electron chi connectivity index (χ0n) is 29.3. The van der Waals surface area contributed by atoms with Crippen LogP contribution in [0.5, 0.6) is 0 Å². The Morgan fingerprint density at radius 2 is 1.20 bits per heavy atom. The predicted octanol–water partition coefficient (Wildman–Crippen LogP) is 9.14. The van der Waals surface area contributed by atoms with E-state index in [0.717, 1.165) is 64.2 Å². The minimum absolute atomic E-state index is 0.0464. The van der Waals surface area contributed by atoms with Crippen LogP contribution in [0.3, 0.4) is 0 Å². The largest absolute Gasteiger partial charge is 0.472 e. The number of phosphoric acid groups is 1. The van der Waals surface area contributed by atoms with Gasteiger partial charge in [-0.15, -0.1) is 0 Å². The van der Waals surface area contributed by atoms with E-state index in [1.807, 2.05) is 0 Å². The Balaban J connectivity index is 4.28. The molecule has 0 aliphatic rings. The van der Waals surface area contributed by atoms with E-state index >= 15 is 0 Å². The monoisotopic (exact) mass is 676 g/mol. The van der Waals surface area contributed by atoms with Crippen molar-refractivity contribution >= 4 is 13.8 Å². The molecule has 46 heavy (non-hydrogen) atoms. The van der Waals surface area contributed by atoms with Gasteiger partial charge in [-0.3, -0.25) is 13.8 Å². The van der Waals surface area contributed by atoms with Gasteiger partial charge in [-0.05, 0) is 38.5 Å². The van der Waals surface area contributed by atoms with Gasteiger partial charge in [-0.25, -0.2) is 4.57 Å². The number of carbonyl (C=O) groups excluding carboxylic acids is 1. The predicted molar refractivity (Wildman–Crippen MR) is 187 cm³/mol. The summed E-state index contributed by atoms with van der Waals surface area (Å²) >= 11 is 0. The van der Waals surface area contributed by atoms with Crippen molar-refractivity contribution in [3.05, 3.63) is 24.3 Å². The van der Waals surface area contributed by atoms with Crippen molar-refractivity contribution in [2.24, 2.45) is 0 Å². The number of unbranched alkanes of at least 4 members (excludes halogenated alkanes) is 17. The highest BCUT2D eigenvalue weighted by atomic mass is 31.2. The van der Waals surface area contributed by atoms with Crippen LogP contribution in [0.15, 0.2) is 24.3 Å². The molecule has 3 atom stereocenters. The molecule has 0 saturated carbocycles.